The van der Waals surface area contributed by atoms with Crippen molar-refractivity contribution < 1.29 is 13.2 Å². The maximum atomic E-state index is 12.5. The molecular weight excluding hydrogens is 338 g/mol. The van der Waals surface area contributed by atoms with Crippen molar-refractivity contribution in [3.8, 4) is 0 Å². The summed E-state index contributed by atoms with van der Waals surface area (Å²) in [7, 11) is -3.26. The van der Waals surface area contributed by atoms with Crippen molar-refractivity contribution in [3.05, 3.63) is 35.9 Å². The highest BCUT2D eigenvalue weighted by Crippen LogP contribution is 2.12. The molecule has 0 radical (unpaired) electrons. The molecule has 1 aromatic rings. The number of benzene rings is 1. The summed E-state index contributed by atoms with van der Waals surface area (Å²) in [6, 6.07) is 9.78. The number of sulfonamides is 1. The van der Waals surface area contributed by atoms with Gasteiger partial charge in [-0.1, -0.05) is 30.3 Å². The smallest absolute Gasteiger partial charge is 0.317 e. The fourth-order valence-electron chi connectivity index (χ4n) is 2.80. The third-order valence-electron chi connectivity index (χ3n) is 4.11. The summed E-state index contributed by atoms with van der Waals surface area (Å²) in [5.74, 6) is 0.149. The minimum atomic E-state index is -3.26. The predicted octanol–water partition coefficient (Wildman–Crippen LogP) is 2.07. The number of aryl methyl sites for hydroxylation is 1. The van der Waals surface area contributed by atoms with Crippen LogP contribution in [-0.2, 0) is 16.4 Å². The van der Waals surface area contributed by atoms with E-state index in [2.05, 4.69) is 5.32 Å². The number of nitrogens with one attached hydrogen (secondary N) is 1. The van der Waals surface area contributed by atoms with Crippen molar-refractivity contribution in [3.63, 3.8) is 0 Å². The molecule has 1 N–H and O–H groups in total. The molecule has 0 unspecified atom stereocenters. The van der Waals surface area contributed by atoms with Crippen LogP contribution in [0.4, 0.5) is 4.79 Å². The third-order valence-corrected chi connectivity index (χ3v) is 6.07. The number of piperazine rings is 1. The van der Waals surface area contributed by atoms with Crippen molar-refractivity contribution in [1.82, 2.24) is 14.5 Å². The fraction of sp³-hybridized carbons (Fsp3) is 0.611. The summed E-state index contributed by atoms with van der Waals surface area (Å²) in [5, 5.41) is 2.91. The Morgan fingerprint density at radius 2 is 1.68 bits per heavy atom. The van der Waals surface area contributed by atoms with E-state index in [1.54, 1.807) is 4.90 Å². The van der Waals surface area contributed by atoms with E-state index in [0.717, 1.165) is 12.0 Å². The van der Waals surface area contributed by atoms with E-state index in [0.29, 0.717) is 32.6 Å². The number of rotatable bonds is 5. The van der Waals surface area contributed by atoms with Crippen LogP contribution in [0.5, 0.6) is 0 Å². The van der Waals surface area contributed by atoms with E-state index >= 15 is 0 Å². The quantitative estimate of drug-likeness (QED) is 0.866. The summed E-state index contributed by atoms with van der Waals surface area (Å²) in [6.45, 7) is 7.38. The molecule has 1 aromatic carbocycles. The Balaban J connectivity index is 1.79. The van der Waals surface area contributed by atoms with Crippen molar-refractivity contribution >= 4 is 16.1 Å². The van der Waals surface area contributed by atoms with Gasteiger partial charge in [-0.3, -0.25) is 0 Å². The van der Waals surface area contributed by atoms with Crippen molar-refractivity contribution in [2.24, 2.45) is 0 Å². The highest BCUT2D eigenvalue weighted by Gasteiger charge is 2.29. The van der Waals surface area contributed by atoms with E-state index in [1.165, 1.54) is 4.31 Å². The first kappa shape index (κ1) is 19.7. The van der Waals surface area contributed by atoms with Gasteiger partial charge in [0.2, 0.25) is 10.0 Å². The molecule has 140 valence electrons. The Kier molecular flexibility index (Phi) is 6.46. The fourth-order valence-corrected chi connectivity index (χ4v) is 4.29. The normalized spacial score (nSPS) is 16.7. The minimum absolute atomic E-state index is 0.131. The summed E-state index contributed by atoms with van der Waals surface area (Å²) in [6.07, 6.45) is 1.37. The van der Waals surface area contributed by atoms with E-state index < -0.39 is 10.0 Å². The summed E-state index contributed by atoms with van der Waals surface area (Å²) in [5.41, 5.74) is 0.860. The van der Waals surface area contributed by atoms with Crippen LogP contribution in [0.2, 0.25) is 0 Å². The molecule has 6 nitrogen and oxygen atoms in total. The largest absolute Gasteiger partial charge is 0.333 e. The number of nitrogens with zero attached hydrogens (tertiary/aromatic N) is 2. The van der Waals surface area contributed by atoms with Gasteiger partial charge in [0.05, 0.1) is 5.75 Å². The maximum absolute atomic E-state index is 12.5. The molecule has 0 aromatic heterocycles. The molecule has 0 aliphatic carbocycles. The lowest BCUT2D eigenvalue weighted by Crippen LogP contribution is -2.56. The molecule has 2 rings (SSSR count). The predicted molar refractivity (Wildman–Crippen MR) is 100.0 cm³/mol. The molecule has 1 heterocycles. The molecule has 25 heavy (non-hydrogen) atoms. The lowest BCUT2D eigenvalue weighted by atomic mass is 10.1. The van der Waals surface area contributed by atoms with Gasteiger partial charge in [0.1, 0.15) is 0 Å². The van der Waals surface area contributed by atoms with Gasteiger partial charge >= 0.3 is 6.03 Å². The van der Waals surface area contributed by atoms with Crippen molar-refractivity contribution in [2.45, 2.75) is 39.2 Å². The highest BCUT2D eigenvalue weighted by atomic mass is 32.2. The minimum Gasteiger partial charge on any atom is -0.333 e. The molecule has 1 fully saturated rings. The van der Waals surface area contributed by atoms with E-state index in [4.69, 9.17) is 0 Å². The van der Waals surface area contributed by atoms with Crippen LogP contribution in [0.15, 0.2) is 30.3 Å². The molecular formula is C18H29N3O3S. The average molecular weight is 368 g/mol. The monoisotopic (exact) mass is 367 g/mol. The van der Waals surface area contributed by atoms with E-state index in [1.807, 2.05) is 51.1 Å². The summed E-state index contributed by atoms with van der Waals surface area (Å²) < 4.78 is 26.5. The zero-order chi connectivity index (χ0) is 18.5. The standard InChI is InChI=1S/C18H29N3O3S/c1-18(2,3)19-17(22)20-11-13-21(14-12-20)25(23,24)15-7-10-16-8-5-4-6-9-16/h4-6,8-9H,7,10-15H2,1-3H3,(H,19,22). The molecule has 2 amide bonds. The second-order valence-corrected chi connectivity index (χ2v) is 9.56. The van der Waals surface area contributed by atoms with Crippen LogP contribution < -0.4 is 5.32 Å². The van der Waals surface area contributed by atoms with Gasteiger partial charge in [-0.25, -0.2) is 13.2 Å². The lowest BCUT2D eigenvalue weighted by molar-refractivity contribution is 0.165. The van der Waals surface area contributed by atoms with Gasteiger partial charge in [-0.15, -0.1) is 0 Å². The van der Waals surface area contributed by atoms with Gasteiger partial charge in [-0.05, 0) is 39.2 Å². The molecule has 7 heteroatoms. The summed E-state index contributed by atoms with van der Waals surface area (Å²) in [4.78, 5) is 13.8. The van der Waals surface area contributed by atoms with Gasteiger partial charge in [0, 0.05) is 31.7 Å². The van der Waals surface area contributed by atoms with Crippen molar-refractivity contribution in [2.75, 3.05) is 31.9 Å². The number of carbonyl (C=O) groups excluding carboxylic acids is 1. The van der Waals surface area contributed by atoms with Crippen LogP contribution in [0.3, 0.4) is 0 Å². The molecule has 0 bridgehead atoms. The van der Waals surface area contributed by atoms with E-state index in [-0.39, 0.29) is 17.3 Å². The van der Waals surface area contributed by atoms with Crippen LogP contribution >= 0.6 is 0 Å². The SMILES string of the molecule is CC(C)(C)NC(=O)N1CCN(S(=O)(=O)CCCc2ccccc2)CC1. The van der Waals surface area contributed by atoms with Crippen molar-refractivity contribution in [1.29, 1.82) is 0 Å². The Labute approximate surface area is 151 Å². The van der Waals surface area contributed by atoms with Crippen LogP contribution in [0, 0.1) is 0 Å². The Bertz CT molecular complexity index is 661. The number of urea groups is 1. The molecule has 0 saturated carbocycles. The second-order valence-electron chi connectivity index (χ2n) is 7.47. The molecule has 1 aliphatic rings. The maximum Gasteiger partial charge on any atom is 0.317 e. The topological polar surface area (TPSA) is 69.7 Å². The Hall–Kier alpha value is -1.60. The lowest BCUT2D eigenvalue weighted by Gasteiger charge is -2.35. The number of hydrogen-bond donors (Lipinski definition) is 1. The van der Waals surface area contributed by atoms with Crippen LogP contribution in [-0.4, -0.2) is 61.1 Å². The van der Waals surface area contributed by atoms with Crippen LogP contribution in [0.25, 0.3) is 0 Å². The number of carbonyl (C=O) groups is 1. The van der Waals surface area contributed by atoms with Gasteiger partial charge < -0.3 is 10.2 Å². The molecule has 0 spiro atoms. The van der Waals surface area contributed by atoms with Gasteiger partial charge in [-0.2, -0.15) is 4.31 Å². The Morgan fingerprint density at radius 1 is 1.08 bits per heavy atom. The molecule has 1 saturated heterocycles. The highest BCUT2D eigenvalue weighted by molar-refractivity contribution is 7.89. The zero-order valence-electron chi connectivity index (χ0n) is 15.4. The third kappa shape index (κ3) is 6.32. The number of amides is 2. The van der Waals surface area contributed by atoms with Crippen LogP contribution in [0.1, 0.15) is 32.8 Å². The molecule has 1 aliphatic heterocycles. The Morgan fingerprint density at radius 3 is 2.24 bits per heavy atom. The molecule has 0 atom stereocenters. The van der Waals surface area contributed by atoms with Gasteiger partial charge in [0.25, 0.3) is 0 Å². The zero-order valence-corrected chi connectivity index (χ0v) is 16.2. The first-order valence-electron chi connectivity index (χ1n) is 8.76. The second kappa shape index (κ2) is 8.19. The van der Waals surface area contributed by atoms with E-state index in [9.17, 15) is 13.2 Å². The summed E-state index contributed by atoms with van der Waals surface area (Å²) >= 11 is 0. The van der Waals surface area contributed by atoms with Gasteiger partial charge in [0.15, 0.2) is 0 Å². The number of hydrogen-bond acceptors (Lipinski definition) is 3. The first-order chi connectivity index (χ1) is 11.7. The average Bonchev–Trinajstić information content (AvgIpc) is 2.54. The first-order valence-corrected chi connectivity index (χ1v) is 10.4.